The number of carbonyl (C=O) groups excluding carboxylic acids is 1. The minimum absolute atomic E-state index is 0.0376. The van der Waals surface area contributed by atoms with Crippen LogP contribution >= 0.6 is 0 Å². The number of aromatic nitrogens is 2. The number of pyridine rings is 2. The molecule has 0 unspecified atom stereocenters. The van der Waals surface area contributed by atoms with E-state index in [4.69, 9.17) is 5.73 Å². The molecular formula is C30H31N5O4S. The molecule has 4 aromatic rings. The summed E-state index contributed by atoms with van der Waals surface area (Å²) >= 11 is 0. The number of nitrogens with one attached hydrogen (secondary N) is 2. The third-order valence-corrected chi connectivity index (χ3v) is 8.23. The fraction of sp³-hybridized carbons (Fsp3) is 0.233. The van der Waals surface area contributed by atoms with Gasteiger partial charge < -0.3 is 16.2 Å². The van der Waals surface area contributed by atoms with Crippen LogP contribution in [0.15, 0.2) is 72.9 Å². The maximum atomic E-state index is 13.3. The van der Waals surface area contributed by atoms with E-state index in [0.717, 1.165) is 5.56 Å². The highest BCUT2D eigenvalue weighted by atomic mass is 32.2. The second-order valence-corrected chi connectivity index (χ2v) is 12.7. The van der Waals surface area contributed by atoms with Crippen molar-refractivity contribution in [2.45, 2.75) is 38.0 Å². The van der Waals surface area contributed by atoms with E-state index in [-0.39, 0.29) is 23.7 Å². The first kappa shape index (κ1) is 28.5. The molecule has 1 amide bonds. The molecule has 5 N–H and O–H groups in total. The molecule has 0 aliphatic carbocycles. The van der Waals surface area contributed by atoms with Crippen LogP contribution in [0.25, 0.3) is 10.9 Å². The van der Waals surface area contributed by atoms with E-state index in [1.165, 1.54) is 6.07 Å². The van der Waals surface area contributed by atoms with E-state index >= 15 is 0 Å². The summed E-state index contributed by atoms with van der Waals surface area (Å²) in [4.78, 5) is 22.0. The molecule has 0 saturated carbocycles. The zero-order valence-corrected chi connectivity index (χ0v) is 23.3. The minimum atomic E-state index is -3.82. The molecule has 0 aliphatic rings. The third-order valence-electron chi connectivity index (χ3n) is 6.13. The van der Waals surface area contributed by atoms with E-state index in [0.29, 0.717) is 28.6 Å². The lowest BCUT2D eigenvalue weighted by Crippen LogP contribution is -2.42. The van der Waals surface area contributed by atoms with Crippen LogP contribution in [-0.2, 0) is 16.4 Å². The number of aromatic hydroxyl groups is 1. The van der Waals surface area contributed by atoms with Gasteiger partial charge in [0.05, 0.1) is 16.0 Å². The molecule has 4 rings (SSSR count). The van der Waals surface area contributed by atoms with Crippen molar-refractivity contribution in [1.29, 1.82) is 0 Å². The highest BCUT2D eigenvalue weighted by Crippen LogP contribution is 2.28. The number of benzene rings is 2. The van der Waals surface area contributed by atoms with Gasteiger partial charge in [0.2, 0.25) is 10.0 Å². The third kappa shape index (κ3) is 6.94. The van der Waals surface area contributed by atoms with Gasteiger partial charge in [-0.15, -0.1) is 0 Å². The molecule has 0 fully saturated rings. The first-order valence-corrected chi connectivity index (χ1v) is 14.1. The molecule has 1 atom stereocenters. The van der Waals surface area contributed by atoms with E-state index in [9.17, 15) is 18.3 Å². The van der Waals surface area contributed by atoms with E-state index < -0.39 is 26.7 Å². The Balaban J connectivity index is 1.70. The SMILES string of the molecule is CC(C)(C)S(=O)(=O)Nc1cc(C(=O)N[C@H](CN)Cc2ccc(O)cc2)nc2ccc(C#Cc3ccccn3)cc12. The molecule has 10 heteroatoms. The summed E-state index contributed by atoms with van der Waals surface area (Å²) in [7, 11) is -3.82. The molecule has 2 aromatic carbocycles. The van der Waals surface area contributed by atoms with Crippen molar-refractivity contribution in [1.82, 2.24) is 15.3 Å². The summed E-state index contributed by atoms with van der Waals surface area (Å²) in [6.45, 7) is 4.93. The van der Waals surface area contributed by atoms with Crippen molar-refractivity contribution in [3.8, 4) is 17.6 Å². The Labute approximate surface area is 233 Å². The molecule has 2 aromatic heterocycles. The average molecular weight is 558 g/mol. The number of rotatable bonds is 7. The Morgan fingerprint density at radius 1 is 1.05 bits per heavy atom. The largest absolute Gasteiger partial charge is 0.508 e. The molecule has 0 spiro atoms. The van der Waals surface area contributed by atoms with E-state index in [1.807, 2.05) is 6.07 Å². The number of amides is 1. The van der Waals surface area contributed by atoms with Crippen molar-refractivity contribution in [3.63, 3.8) is 0 Å². The second-order valence-electron chi connectivity index (χ2n) is 10.2. The minimum Gasteiger partial charge on any atom is -0.508 e. The molecular weight excluding hydrogens is 526 g/mol. The number of hydrogen-bond acceptors (Lipinski definition) is 7. The first-order valence-electron chi connectivity index (χ1n) is 12.6. The molecule has 0 radical (unpaired) electrons. The number of nitrogens with two attached hydrogens (primary N) is 1. The molecule has 0 bridgehead atoms. The number of fused-ring (bicyclic) bond motifs is 1. The predicted molar refractivity (Wildman–Crippen MR) is 156 cm³/mol. The lowest BCUT2D eigenvalue weighted by atomic mass is 10.1. The van der Waals surface area contributed by atoms with Crippen molar-refractivity contribution in [2.24, 2.45) is 5.73 Å². The topological polar surface area (TPSA) is 147 Å². The van der Waals surface area contributed by atoms with Gasteiger partial charge in [-0.3, -0.25) is 9.52 Å². The number of sulfonamides is 1. The number of phenolic OH excluding ortho intramolecular Hbond substituents is 1. The van der Waals surface area contributed by atoms with Gasteiger partial charge in [0.1, 0.15) is 17.1 Å². The van der Waals surface area contributed by atoms with E-state index in [2.05, 4.69) is 31.8 Å². The highest BCUT2D eigenvalue weighted by Gasteiger charge is 2.30. The van der Waals surface area contributed by atoms with Gasteiger partial charge in [-0.2, -0.15) is 0 Å². The highest BCUT2D eigenvalue weighted by molar-refractivity contribution is 7.94. The summed E-state index contributed by atoms with van der Waals surface area (Å²) in [6.07, 6.45) is 2.10. The second kappa shape index (κ2) is 11.7. The summed E-state index contributed by atoms with van der Waals surface area (Å²) in [5.74, 6) is 5.69. The fourth-order valence-electron chi connectivity index (χ4n) is 3.74. The summed E-state index contributed by atoms with van der Waals surface area (Å²) in [6, 6.07) is 18.3. The Morgan fingerprint density at radius 3 is 2.45 bits per heavy atom. The quantitative estimate of drug-likeness (QED) is 0.254. The van der Waals surface area contributed by atoms with Gasteiger partial charge in [0.25, 0.3) is 5.91 Å². The van der Waals surface area contributed by atoms with Gasteiger partial charge >= 0.3 is 0 Å². The van der Waals surface area contributed by atoms with Crippen LogP contribution in [-0.4, -0.2) is 46.7 Å². The molecule has 9 nitrogen and oxygen atoms in total. The Kier molecular flexibility index (Phi) is 8.38. The van der Waals surface area contributed by atoms with Gasteiger partial charge in [-0.1, -0.05) is 24.1 Å². The molecule has 40 heavy (non-hydrogen) atoms. The first-order chi connectivity index (χ1) is 18.9. The van der Waals surface area contributed by atoms with Crippen LogP contribution in [0.4, 0.5) is 5.69 Å². The van der Waals surface area contributed by atoms with Gasteiger partial charge in [0, 0.05) is 29.7 Å². The predicted octanol–water partition coefficient (Wildman–Crippen LogP) is 3.58. The molecule has 0 aliphatic heterocycles. The van der Waals surface area contributed by atoms with Crippen molar-refractivity contribution >= 4 is 32.5 Å². The Hall–Kier alpha value is -4.46. The lowest BCUT2D eigenvalue weighted by Gasteiger charge is -2.22. The Morgan fingerprint density at radius 2 is 1.80 bits per heavy atom. The van der Waals surface area contributed by atoms with Crippen LogP contribution in [0, 0.1) is 11.8 Å². The number of carbonyl (C=O) groups is 1. The molecule has 206 valence electrons. The standard InChI is InChI=1S/C30H31N5O4S/c1-30(2,3)40(38,39)35-27-18-28(29(37)33-23(19-31)16-20-8-12-24(36)13-9-20)34-26-14-10-21(17-25(26)27)7-11-22-6-4-5-15-32-22/h4-6,8-10,12-15,17-18,23,36H,16,19,31H2,1-3H3,(H,33,37)(H,34,35)/t23-/m0/s1. The maximum Gasteiger partial charge on any atom is 0.270 e. The van der Waals surface area contributed by atoms with Crippen LogP contribution < -0.4 is 15.8 Å². The van der Waals surface area contributed by atoms with Gasteiger partial charge in [-0.05, 0) is 87.2 Å². The van der Waals surface area contributed by atoms with Crippen molar-refractivity contribution in [2.75, 3.05) is 11.3 Å². The molecule has 0 saturated heterocycles. The normalized spacial score (nSPS) is 12.3. The Bertz CT molecular complexity index is 1690. The van der Waals surface area contributed by atoms with Crippen LogP contribution in [0.5, 0.6) is 5.75 Å². The number of nitrogens with zero attached hydrogens (tertiary/aromatic N) is 2. The summed E-state index contributed by atoms with van der Waals surface area (Å²) < 4.78 is 27.7. The number of hydrogen-bond donors (Lipinski definition) is 4. The van der Waals surface area contributed by atoms with Gasteiger partial charge in [-0.25, -0.2) is 18.4 Å². The van der Waals surface area contributed by atoms with Crippen molar-refractivity contribution in [3.05, 3.63) is 95.4 Å². The van der Waals surface area contributed by atoms with Gasteiger partial charge in [0.15, 0.2) is 0 Å². The van der Waals surface area contributed by atoms with Crippen molar-refractivity contribution < 1.29 is 18.3 Å². The van der Waals surface area contributed by atoms with Crippen LogP contribution in [0.1, 0.15) is 48.1 Å². The zero-order chi connectivity index (χ0) is 28.9. The number of phenols is 1. The monoisotopic (exact) mass is 557 g/mol. The average Bonchev–Trinajstić information content (AvgIpc) is 2.92. The smallest absolute Gasteiger partial charge is 0.270 e. The summed E-state index contributed by atoms with van der Waals surface area (Å²) in [5.41, 5.74) is 8.72. The zero-order valence-electron chi connectivity index (χ0n) is 22.5. The van der Waals surface area contributed by atoms with Crippen LogP contribution in [0.2, 0.25) is 0 Å². The van der Waals surface area contributed by atoms with Crippen LogP contribution in [0.3, 0.4) is 0 Å². The molecule has 2 heterocycles. The summed E-state index contributed by atoms with van der Waals surface area (Å²) in [5, 5.41) is 12.9. The fourth-order valence-corrected chi connectivity index (χ4v) is 4.51. The maximum absolute atomic E-state index is 13.3. The lowest BCUT2D eigenvalue weighted by molar-refractivity contribution is 0.0933. The number of anilines is 1. The van der Waals surface area contributed by atoms with E-state index in [1.54, 1.807) is 81.6 Å².